The Bertz CT molecular complexity index is 393. The summed E-state index contributed by atoms with van der Waals surface area (Å²) < 4.78 is 39.2. The highest BCUT2D eigenvalue weighted by Gasteiger charge is 2.37. The van der Waals surface area contributed by atoms with Crippen molar-refractivity contribution in [1.82, 2.24) is 9.55 Å². The second-order valence-electron chi connectivity index (χ2n) is 4.90. The molecule has 0 saturated heterocycles. The molecule has 0 radical (unpaired) electrons. The van der Waals surface area contributed by atoms with Gasteiger partial charge in [-0.1, -0.05) is 12.8 Å². The molecule has 1 aliphatic carbocycles. The number of fused-ring (bicyclic) bond motifs is 2. The van der Waals surface area contributed by atoms with Gasteiger partial charge in [0.1, 0.15) is 0 Å². The molecule has 17 heavy (non-hydrogen) atoms. The molecule has 0 spiro atoms. The molecule has 1 saturated carbocycles. The minimum atomic E-state index is -4.35. The molecule has 0 amide bonds. The summed E-state index contributed by atoms with van der Waals surface area (Å²) in [7, 11) is 0. The van der Waals surface area contributed by atoms with E-state index in [1.54, 1.807) is 4.57 Å². The van der Waals surface area contributed by atoms with Crippen LogP contribution in [0.1, 0.15) is 31.4 Å². The first-order valence-corrected chi connectivity index (χ1v) is 5.95. The van der Waals surface area contributed by atoms with Gasteiger partial charge in [-0.15, -0.1) is 0 Å². The van der Waals surface area contributed by atoms with Crippen molar-refractivity contribution in [2.75, 3.05) is 5.32 Å². The largest absolute Gasteiger partial charge is 0.434 e. The summed E-state index contributed by atoms with van der Waals surface area (Å²) in [5, 5.41) is 3.14. The zero-order valence-corrected chi connectivity index (χ0v) is 9.30. The number of aromatic nitrogens is 2. The van der Waals surface area contributed by atoms with Crippen molar-refractivity contribution in [3.8, 4) is 0 Å². The van der Waals surface area contributed by atoms with Gasteiger partial charge in [0.2, 0.25) is 5.95 Å². The molecule has 2 unspecified atom stereocenters. The third-order valence-electron chi connectivity index (χ3n) is 3.72. The van der Waals surface area contributed by atoms with Crippen molar-refractivity contribution in [1.29, 1.82) is 0 Å². The fourth-order valence-electron chi connectivity index (χ4n) is 2.84. The summed E-state index contributed by atoms with van der Waals surface area (Å²) in [4.78, 5) is 3.64. The van der Waals surface area contributed by atoms with Crippen LogP contribution in [0.5, 0.6) is 0 Å². The molecule has 1 aliphatic heterocycles. The van der Waals surface area contributed by atoms with E-state index in [1.807, 2.05) is 0 Å². The van der Waals surface area contributed by atoms with Gasteiger partial charge in [-0.2, -0.15) is 13.2 Å². The highest BCUT2D eigenvalue weighted by atomic mass is 19.4. The van der Waals surface area contributed by atoms with Crippen LogP contribution < -0.4 is 5.32 Å². The summed E-state index contributed by atoms with van der Waals surface area (Å²) in [5.41, 5.74) is -0.793. The van der Waals surface area contributed by atoms with Crippen LogP contribution >= 0.6 is 0 Å². The minimum Gasteiger partial charge on any atom is -0.353 e. The summed E-state index contributed by atoms with van der Waals surface area (Å²) in [6.07, 6.45) is 1.24. The standard InChI is InChI=1S/C11H14F3N3/c12-11(13,14)9-6-17-5-7-3-1-2-4-8(7)15-10(17)16-9/h6-8H,1-5H2,(H,15,16). The number of hydrogen-bond acceptors (Lipinski definition) is 2. The van der Waals surface area contributed by atoms with Crippen LogP contribution in [0.15, 0.2) is 6.20 Å². The fourth-order valence-corrected chi connectivity index (χ4v) is 2.84. The minimum absolute atomic E-state index is 0.305. The number of hydrogen-bond donors (Lipinski definition) is 1. The van der Waals surface area contributed by atoms with E-state index in [4.69, 9.17) is 0 Å². The van der Waals surface area contributed by atoms with Crippen LogP contribution in [0.25, 0.3) is 0 Å². The van der Waals surface area contributed by atoms with Gasteiger partial charge >= 0.3 is 6.18 Å². The number of halogens is 3. The van der Waals surface area contributed by atoms with Gasteiger partial charge in [0, 0.05) is 18.8 Å². The highest BCUT2D eigenvalue weighted by molar-refractivity contribution is 5.34. The summed E-state index contributed by atoms with van der Waals surface area (Å²) >= 11 is 0. The lowest BCUT2D eigenvalue weighted by atomic mass is 9.83. The molecular weight excluding hydrogens is 231 g/mol. The van der Waals surface area contributed by atoms with Crippen LogP contribution in [0, 0.1) is 5.92 Å². The van der Waals surface area contributed by atoms with Crippen molar-refractivity contribution in [2.24, 2.45) is 5.92 Å². The average Bonchev–Trinajstić information content (AvgIpc) is 2.68. The molecule has 1 N–H and O–H groups in total. The zero-order chi connectivity index (χ0) is 12.0. The monoisotopic (exact) mass is 245 g/mol. The van der Waals surface area contributed by atoms with Gasteiger partial charge in [0.05, 0.1) is 0 Å². The van der Waals surface area contributed by atoms with E-state index in [2.05, 4.69) is 10.3 Å². The normalized spacial score (nSPS) is 28.2. The topological polar surface area (TPSA) is 29.9 Å². The molecule has 1 fully saturated rings. The number of anilines is 1. The molecule has 2 atom stereocenters. The van der Waals surface area contributed by atoms with Crippen LogP contribution in [0.2, 0.25) is 0 Å². The van der Waals surface area contributed by atoms with Crippen molar-refractivity contribution in [3.63, 3.8) is 0 Å². The first-order valence-electron chi connectivity index (χ1n) is 5.95. The van der Waals surface area contributed by atoms with Gasteiger partial charge in [-0.3, -0.25) is 0 Å². The Balaban J connectivity index is 1.89. The van der Waals surface area contributed by atoms with E-state index < -0.39 is 11.9 Å². The quantitative estimate of drug-likeness (QED) is 0.761. The predicted molar refractivity (Wildman–Crippen MR) is 56.6 cm³/mol. The number of nitrogens with one attached hydrogen (secondary N) is 1. The second-order valence-corrected chi connectivity index (χ2v) is 4.90. The molecule has 1 aromatic heterocycles. The van der Waals surface area contributed by atoms with Crippen LogP contribution in [0.4, 0.5) is 19.1 Å². The summed E-state index contributed by atoms with van der Waals surface area (Å²) in [6.45, 7) is 0.663. The van der Waals surface area contributed by atoms with Gasteiger partial charge in [0.25, 0.3) is 0 Å². The second kappa shape index (κ2) is 3.65. The van der Waals surface area contributed by atoms with Crippen molar-refractivity contribution < 1.29 is 13.2 Å². The third-order valence-corrected chi connectivity index (χ3v) is 3.72. The maximum atomic E-state index is 12.5. The molecule has 1 aromatic rings. The van der Waals surface area contributed by atoms with Gasteiger partial charge in [-0.05, 0) is 18.8 Å². The first-order chi connectivity index (χ1) is 8.04. The van der Waals surface area contributed by atoms with Crippen molar-refractivity contribution in [2.45, 2.75) is 44.4 Å². The Kier molecular flexibility index (Phi) is 2.34. The summed E-state index contributed by atoms with van der Waals surface area (Å²) in [6, 6.07) is 0.305. The molecule has 2 heterocycles. The first kappa shape index (κ1) is 10.9. The molecular formula is C11H14F3N3. The van der Waals surface area contributed by atoms with Gasteiger partial charge in [-0.25, -0.2) is 4.98 Å². The third kappa shape index (κ3) is 1.89. The van der Waals surface area contributed by atoms with E-state index >= 15 is 0 Å². The lowest BCUT2D eigenvalue weighted by Crippen LogP contribution is -2.39. The molecule has 3 nitrogen and oxygen atoms in total. The zero-order valence-electron chi connectivity index (χ0n) is 9.30. The Hall–Kier alpha value is -1.20. The van der Waals surface area contributed by atoms with Gasteiger partial charge in [0.15, 0.2) is 5.69 Å². The van der Waals surface area contributed by atoms with E-state index in [0.717, 1.165) is 25.5 Å². The van der Waals surface area contributed by atoms with Crippen LogP contribution in [-0.2, 0) is 12.7 Å². The molecule has 0 bridgehead atoms. The Labute approximate surface area is 97.0 Å². The lowest BCUT2D eigenvalue weighted by Gasteiger charge is -2.36. The lowest BCUT2D eigenvalue weighted by molar-refractivity contribution is -0.140. The Morgan fingerprint density at radius 3 is 2.82 bits per heavy atom. The van der Waals surface area contributed by atoms with Crippen molar-refractivity contribution in [3.05, 3.63) is 11.9 Å². The Morgan fingerprint density at radius 2 is 2.06 bits per heavy atom. The highest BCUT2D eigenvalue weighted by Crippen LogP contribution is 2.35. The van der Waals surface area contributed by atoms with E-state index in [0.29, 0.717) is 24.5 Å². The molecule has 3 rings (SSSR count). The van der Waals surface area contributed by atoms with E-state index in [-0.39, 0.29) is 0 Å². The number of nitrogens with zero attached hydrogens (tertiary/aromatic N) is 2. The van der Waals surface area contributed by atoms with Gasteiger partial charge < -0.3 is 9.88 Å². The van der Waals surface area contributed by atoms with Crippen LogP contribution in [-0.4, -0.2) is 15.6 Å². The van der Waals surface area contributed by atoms with E-state index in [9.17, 15) is 13.2 Å². The maximum Gasteiger partial charge on any atom is 0.434 e. The number of alkyl halides is 3. The average molecular weight is 245 g/mol. The summed E-state index contributed by atoms with van der Waals surface area (Å²) in [5.74, 6) is 0.826. The molecule has 94 valence electrons. The SMILES string of the molecule is FC(F)(F)c1cn2c(n1)NC1CCCCC1C2. The maximum absolute atomic E-state index is 12.5. The molecule has 6 heteroatoms. The molecule has 2 aliphatic rings. The Morgan fingerprint density at radius 1 is 1.29 bits per heavy atom. The smallest absolute Gasteiger partial charge is 0.353 e. The number of imidazole rings is 1. The van der Waals surface area contributed by atoms with Crippen molar-refractivity contribution >= 4 is 5.95 Å². The predicted octanol–water partition coefficient (Wildman–Crippen LogP) is 2.89. The molecule has 0 aromatic carbocycles. The van der Waals surface area contributed by atoms with E-state index in [1.165, 1.54) is 6.42 Å². The number of rotatable bonds is 0. The van der Waals surface area contributed by atoms with Crippen LogP contribution in [0.3, 0.4) is 0 Å². The fraction of sp³-hybridized carbons (Fsp3) is 0.727.